The lowest BCUT2D eigenvalue weighted by Crippen LogP contribution is -2.56. The van der Waals surface area contributed by atoms with Crippen LogP contribution in [0.15, 0.2) is 49.6 Å². The number of hydrogen-bond acceptors (Lipinski definition) is 8. The molecule has 2 bridgehead atoms. The molecule has 5 atom stereocenters. The zero-order chi connectivity index (χ0) is 26.2. The number of nitrogens with zero attached hydrogens (tertiary/aromatic N) is 5. The number of carbonyl (C=O) groups excluding carboxylic acids is 3. The van der Waals surface area contributed by atoms with E-state index in [9.17, 15) is 19.5 Å². The molecule has 3 aliphatic rings. The van der Waals surface area contributed by atoms with Crippen LogP contribution < -0.4 is 0 Å². The highest BCUT2D eigenvalue weighted by Crippen LogP contribution is 2.58. The highest BCUT2D eigenvalue weighted by Gasteiger charge is 2.75. The summed E-state index contributed by atoms with van der Waals surface area (Å²) in [5.41, 5.74) is 0.324. The average Bonchev–Trinajstić information content (AvgIpc) is 3.65. The number of para-hydroxylation sites is 1. The maximum absolute atomic E-state index is 14.2. The molecule has 37 heavy (non-hydrogen) atoms. The van der Waals surface area contributed by atoms with Gasteiger partial charge in [0.1, 0.15) is 30.4 Å². The van der Waals surface area contributed by atoms with Crippen LogP contribution in [0.1, 0.15) is 19.3 Å². The normalized spacial score (nSPS) is 27.9. The Morgan fingerprint density at radius 1 is 1.30 bits per heavy atom. The van der Waals surface area contributed by atoms with Crippen molar-refractivity contribution in [2.24, 2.45) is 11.8 Å². The quantitative estimate of drug-likeness (QED) is 0.350. The van der Waals surface area contributed by atoms with Gasteiger partial charge < -0.3 is 24.4 Å². The minimum atomic E-state index is -1.14. The fourth-order valence-corrected chi connectivity index (χ4v) is 6.15. The molecule has 196 valence electrons. The Morgan fingerprint density at radius 2 is 2.11 bits per heavy atom. The van der Waals surface area contributed by atoms with Gasteiger partial charge in [-0.05, 0) is 31.4 Å². The molecule has 5 rings (SSSR count). The average molecular weight is 510 g/mol. The molecule has 2 amide bonds. The van der Waals surface area contributed by atoms with Gasteiger partial charge in [-0.2, -0.15) is 0 Å². The molecule has 11 nitrogen and oxygen atoms in total. The molecule has 1 spiro atoms. The first-order valence-corrected chi connectivity index (χ1v) is 12.5. The number of rotatable bonds is 11. The molecule has 0 saturated carbocycles. The van der Waals surface area contributed by atoms with E-state index in [1.54, 1.807) is 15.7 Å². The first kappa shape index (κ1) is 25.1. The molecular formula is C26H31N5O6. The van der Waals surface area contributed by atoms with E-state index < -0.39 is 35.6 Å². The van der Waals surface area contributed by atoms with E-state index in [1.165, 1.54) is 11.0 Å². The van der Waals surface area contributed by atoms with Gasteiger partial charge in [-0.3, -0.25) is 14.4 Å². The number of aliphatic hydroxyl groups is 1. The summed E-state index contributed by atoms with van der Waals surface area (Å²) in [6, 6.07) is 6.49. The molecule has 0 radical (unpaired) electrons. The fourth-order valence-electron chi connectivity index (χ4n) is 6.15. The number of carbonyl (C=O) groups is 3. The Hall–Kier alpha value is -3.57. The van der Waals surface area contributed by atoms with E-state index in [-0.39, 0.29) is 44.8 Å². The van der Waals surface area contributed by atoms with Crippen molar-refractivity contribution in [3.63, 3.8) is 0 Å². The predicted octanol–water partition coefficient (Wildman–Crippen LogP) is 0.890. The molecule has 0 aliphatic carbocycles. The van der Waals surface area contributed by atoms with Crippen LogP contribution in [0.5, 0.6) is 0 Å². The minimum absolute atomic E-state index is 0.0333. The van der Waals surface area contributed by atoms with Crippen molar-refractivity contribution in [2.75, 3.05) is 26.3 Å². The molecule has 1 aromatic heterocycles. The molecule has 2 aromatic rings. The van der Waals surface area contributed by atoms with E-state index in [0.717, 1.165) is 5.52 Å². The number of esters is 1. The van der Waals surface area contributed by atoms with Crippen LogP contribution in [0.2, 0.25) is 0 Å². The Balaban J connectivity index is 1.49. The van der Waals surface area contributed by atoms with Crippen LogP contribution in [0.25, 0.3) is 11.0 Å². The maximum Gasteiger partial charge on any atom is 0.312 e. The minimum Gasteiger partial charge on any atom is -0.461 e. The Labute approximate surface area is 214 Å². The summed E-state index contributed by atoms with van der Waals surface area (Å²) in [4.78, 5) is 44.0. The highest BCUT2D eigenvalue weighted by molar-refractivity contribution is 5.98. The highest BCUT2D eigenvalue weighted by atomic mass is 16.6. The molecule has 3 saturated heterocycles. The van der Waals surface area contributed by atoms with E-state index in [4.69, 9.17) is 9.47 Å². The van der Waals surface area contributed by atoms with Gasteiger partial charge in [0.25, 0.3) is 0 Å². The van der Waals surface area contributed by atoms with Gasteiger partial charge in [-0.15, -0.1) is 11.7 Å². The summed E-state index contributed by atoms with van der Waals surface area (Å²) in [7, 11) is 0. The van der Waals surface area contributed by atoms with Crippen LogP contribution in [0.4, 0.5) is 0 Å². The topological polar surface area (TPSA) is 127 Å². The lowest BCUT2D eigenvalue weighted by Gasteiger charge is -2.36. The van der Waals surface area contributed by atoms with Crippen LogP contribution in [-0.4, -0.2) is 91.7 Å². The summed E-state index contributed by atoms with van der Waals surface area (Å²) < 4.78 is 13.3. The van der Waals surface area contributed by atoms with Gasteiger partial charge in [-0.25, -0.2) is 4.68 Å². The van der Waals surface area contributed by atoms with E-state index in [2.05, 4.69) is 23.5 Å². The Kier molecular flexibility index (Phi) is 6.82. The molecule has 2 unspecified atom stereocenters. The zero-order valence-electron chi connectivity index (χ0n) is 20.6. The van der Waals surface area contributed by atoms with Crippen molar-refractivity contribution < 1.29 is 29.0 Å². The first-order chi connectivity index (χ1) is 18.0. The monoisotopic (exact) mass is 509 g/mol. The molecular weight excluding hydrogens is 478 g/mol. The van der Waals surface area contributed by atoms with Gasteiger partial charge in [0, 0.05) is 19.7 Å². The Bertz CT molecular complexity index is 1230. The SMILES string of the molecule is C=CCOC(=O)[C@@H]1[C@@H]2CCC3(O2)C(C(=O)N(CC=C)Cn2nnc4ccccc42)N(CCCO)C(=O)[C@H]13. The fraction of sp³-hybridized carbons (Fsp3) is 0.500. The van der Waals surface area contributed by atoms with Crippen molar-refractivity contribution in [3.05, 3.63) is 49.6 Å². The summed E-state index contributed by atoms with van der Waals surface area (Å²) in [6.07, 6.45) is 3.91. The lowest BCUT2D eigenvalue weighted by atomic mass is 9.70. The van der Waals surface area contributed by atoms with Crippen LogP contribution in [0.3, 0.4) is 0 Å². The number of likely N-dealkylation sites (tertiary alicyclic amines) is 1. The standard InChI is InChI=1S/C26H31N5O6/c1-3-12-29(16-31-18-9-6-5-8-17(18)27-28-31)24(34)22-26-11-10-19(37-26)20(25(35)36-15-4-2)21(26)23(33)30(22)13-7-14-32/h3-6,8-9,19-22,32H,1-2,7,10-16H2/t19-,20+,21-,22?,26?/m0/s1. The van der Waals surface area contributed by atoms with Crippen molar-refractivity contribution >= 4 is 28.8 Å². The maximum atomic E-state index is 14.2. The van der Waals surface area contributed by atoms with Crippen LogP contribution in [0, 0.1) is 11.8 Å². The molecule has 1 N–H and O–H groups in total. The number of amides is 2. The van der Waals surface area contributed by atoms with Crippen molar-refractivity contribution in [2.45, 2.75) is 43.7 Å². The Morgan fingerprint density at radius 3 is 2.86 bits per heavy atom. The molecule has 11 heteroatoms. The number of ether oxygens (including phenoxy) is 2. The third-order valence-electron chi connectivity index (χ3n) is 7.59. The first-order valence-electron chi connectivity index (χ1n) is 12.5. The number of aliphatic hydroxyl groups excluding tert-OH is 1. The van der Waals surface area contributed by atoms with Gasteiger partial charge in [0.15, 0.2) is 0 Å². The number of hydrogen-bond donors (Lipinski definition) is 1. The summed E-state index contributed by atoms with van der Waals surface area (Å²) in [6.45, 7) is 7.75. The van der Waals surface area contributed by atoms with Gasteiger partial charge >= 0.3 is 5.97 Å². The van der Waals surface area contributed by atoms with Crippen molar-refractivity contribution in [1.29, 1.82) is 0 Å². The molecule has 1 aromatic carbocycles. The third-order valence-corrected chi connectivity index (χ3v) is 7.59. The smallest absolute Gasteiger partial charge is 0.312 e. The summed E-state index contributed by atoms with van der Waals surface area (Å²) in [5, 5.41) is 17.9. The second-order valence-electron chi connectivity index (χ2n) is 9.65. The van der Waals surface area contributed by atoms with Gasteiger partial charge in [0.2, 0.25) is 11.8 Å². The third kappa shape index (κ3) is 4.02. The van der Waals surface area contributed by atoms with Gasteiger partial charge in [-0.1, -0.05) is 36.1 Å². The van der Waals surface area contributed by atoms with E-state index >= 15 is 0 Å². The zero-order valence-corrected chi connectivity index (χ0v) is 20.6. The number of benzene rings is 1. The van der Waals surface area contributed by atoms with Gasteiger partial charge in [0.05, 0.1) is 23.5 Å². The van der Waals surface area contributed by atoms with Crippen molar-refractivity contribution in [3.8, 4) is 0 Å². The van der Waals surface area contributed by atoms with E-state index in [1.807, 2.05) is 24.3 Å². The molecule has 3 aliphatic heterocycles. The molecule has 3 fully saturated rings. The largest absolute Gasteiger partial charge is 0.461 e. The number of aromatic nitrogens is 3. The summed E-state index contributed by atoms with van der Waals surface area (Å²) in [5.74, 6) is -2.78. The summed E-state index contributed by atoms with van der Waals surface area (Å²) >= 11 is 0. The number of fused-ring (bicyclic) bond motifs is 2. The lowest BCUT2D eigenvalue weighted by molar-refractivity contribution is -0.154. The van der Waals surface area contributed by atoms with Crippen LogP contribution >= 0.6 is 0 Å². The molecule has 4 heterocycles. The van der Waals surface area contributed by atoms with E-state index in [0.29, 0.717) is 24.8 Å². The van der Waals surface area contributed by atoms with Crippen LogP contribution in [-0.2, 0) is 30.5 Å². The van der Waals surface area contributed by atoms with Crippen molar-refractivity contribution in [1.82, 2.24) is 24.8 Å². The second-order valence-corrected chi connectivity index (χ2v) is 9.65. The predicted molar refractivity (Wildman–Crippen MR) is 132 cm³/mol. The second kappa shape index (κ2) is 10.1.